The molecule has 0 radical (unpaired) electrons. The van der Waals surface area contributed by atoms with Gasteiger partial charge in [-0.3, -0.25) is 15.1 Å². The van der Waals surface area contributed by atoms with Gasteiger partial charge in [0.25, 0.3) is 5.91 Å². The van der Waals surface area contributed by atoms with Crippen LogP contribution in [0.3, 0.4) is 0 Å². The average Bonchev–Trinajstić information content (AvgIpc) is 2.72. The van der Waals surface area contributed by atoms with Crippen molar-refractivity contribution in [2.45, 2.75) is 13.0 Å². The van der Waals surface area contributed by atoms with Gasteiger partial charge in [-0.15, -0.1) is 11.3 Å². The fraction of sp³-hybridized carbons (Fsp3) is 0.333. The molecule has 1 amide bonds. The summed E-state index contributed by atoms with van der Waals surface area (Å²) in [5.74, 6) is 0.518. The van der Waals surface area contributed by atoms with E-state index >= 15 is 0 Å². The summed E-state index contributed by atoms with van der Waals surface area (Å²) in [5, 5.41) is 7.70. The minimum absolute atomic E-state index is 0.0313. The van der Waals surface area contributed by atoms with Crippen LogP contribution in [0.5, 0.6) is 0 Å². The number of amides is 1. The van der Waals surface area contributed by atoms with E-state index in [1.54, 1.807) is 18.4 Å². The van der Waals surface area contributed by atoms with Crippen molar-refractivity contribution in [3.05, 3.63) is 21.9 Å². The van der Waals surface area contributed by atoms with Crippen molar-refractivity contribution in [1.29, 1.82) is 0 Å². The highest BCUT2D eigenvalue weighted by molar-refractivity contribution is 7.10. The Balaban J connectivity index is 2.29. The van der Waals surface area contributed by atoms with E-state index in [9.17, 15) is 4.79 Å². The lowest BCUT2D eigenvalue weighted by atomic mass is 10.2. The van der Waals surface area contributed by atoms with Crippen molar-refractivity contribution < 1.29 is 4.79 Å². The lowest BCUT2D eigenvalue weighted by Gasteiger charge is -2.05. The second-order valence-electron chi connectivity index (χ2n) is 3.11. The Kier molecular flexibility index (Phi) is 2.25. The summed E-state index contributed by atoms with van der Waals surface area (Å²) in [6, 6.07) is 1.74. The number of thiophene rings is 1. The smallest absolute Gasteiger partial charge is 0.254 e. The molecule has 0 bridgehead atoms. The number of guanidine groups is 1. The molecule has 2 heterocycles. The molecule has 1 saturated heterocycles. The first-order chi connectivity index (χ1) is 6.72. The number of hydrogen-bond donors (Lipinski definition) is 2. The second-order valence-corrected chi connectivity index (χ2v) is 4.05. The van der Waals surface area contributed by atoms with Crippen LogP contribution < -0.4 is 10.6 Å². The Hall–Kier alpha value is -1.36. The molecule has 1 aromatic heterocycles. The van der Waals surface area contributed by atoms with Gasteiger partial charge in [0.15, 0.2) is 5.96 Å². The van der Waals surface area contributed by atoms with E-state index in [4.69, 9.17) is 0 Å². The predicted octanol–water partition coefficient (Wildman–Crippen LogP) is 0.803. The second kappa shape index (κ2) is 3.42. The van der Waals surface area contributed by atoms with Gasteiger partial charge in [0.2, 0.25) is 0 Å². The zero-order chi connectivity index (χ0) is 10.1. The third kappa shape index (κ3) is 1.39. The lowest BCUT2D eigenvalue weighted by Crippen LogP contribution is -2.24. The quantitative estimate of drug-likeness (QED) is 0.719. The molecule has 1 aromatic rings. The first-order valence-corrected chi connectivity index (χ1v) is 5.18. The summed E-state index contributed by atoms with van der Waals surface area (Å²) in [4.78, 5) is 16.5. The minimum atomic E-state index is -0.270. The molecule has 1 aliphatic heterocycles. The molecule has 1 fully saturated rings. The van der Waals surface area contributed by atoms with Crippen molar-refractivity contribution in [3.63, 3.8) is 0 Å². The average molecular weight is 209 g/mol. The van der Waals surface area contributed by atoms with Crippen molar-refractivity contribution >= 4 is 23.2 Å². The van der Waals surface area contributed by atoms with E-state index in [2.05, 4.69) is 15.6 Å². The number of carbonyl (C=O) groups is 1. The van der Waals surface area contributed by atoms with E-state index in [0.717, 1.165) is 10.4 Å². The monoisotopic (exact) mass is 209 g/mol. The summed E-state index contributed by atoms with van der Waals surface area (Å²) in [6.07, 6.45) is 0. The predicted molar refractivity (Wildman–Crippen MR) is 56.4 cm³/mol. The number of nitrogens with one attached hydrogen (secondary N) is 2. The lowest BCUT2D eigenvalue weighted by molar-refractivity contribution is -0.120. The van der Waals surface area contributed by atoms with Gasteiger partial charge in [-0.25, -0.2) is 0 Å². The van der Waals surface area contributed by atoms with Crippen molar-refractivity contribution in [2.24, 2.45) is 4.99 Å². The van der Waals surface area contributed by atoms with Crippen LogP contribution in [0, 0.1) is 6.92 Å². The van der Waals surface area contributed by atoms with Gasteiger partial charge in [-0.1, -0.05) is 0 Å². The summed E-state index contributed by atoms with van der Waals surface area (Å²) in [5.41, 5.74) is 1.14. The zero-order valence-corrected chi connectivity index (χ0v) is 8.81. The molecule has 0 spiro atoms. The minimum Gasteiger partial charge on any atom is -0.340 e. The molecule has 0 aliphatic carbocycles. The van der Waals surface area contributed by atoms with Gasteiger partial charge in [0.1, 0.15) is 6.04 Å². The van der Waals surface area contributed by atoms with Gasteiger partial charge in [0.05, 0.1) is 0 Å². The van der Waals surface area contributed by atoms with Gasteiger partial charge in [0, 0.05) is 11.9 Å². The maximum absolute atomic E-state index is 11.5. The highest BCUT2D eigenvalue weighted by Crippen LogP contribution is 2.25. The Morgan fingerprint density at radius 2 is 2.36 bits per heavy atom. The summed E-state index contributed by atoms with van der Waals surface area (Å²) < 4.78 is 0. The number of aryl methyl sites for hydroxylation is 1. The van der Waals surface area contributed by atoms with Crippen LogP contribution in [0.15, 0.2) is 16.4 Å². The normalized spacial score (nSPS) is 23.7. The zero-order valence-electron chi connectivity index (χ0n) is 8.00. The number of rotatable bonds is 1. The Bertz CT molecular complexity index is 397. The standard InChI is InChI=1S/C9H11N3OS/c1-5-3-4-14-7(5)6-8(13)12-9(10-2)11-6/h3-4,6H,1-2H3,(H2,10,11,12,13). The molecule has 0 saturated carbocycles. The van der Waals surface area contributed by atoms with E-state index in [1.807, 2.05) is 18.4 Å². The molecule has 1 aliphatic rings. The molecule has 2 N–H and O–H groups in total. The highest BCUT2D eigenvalue weighted by atomic mass is 32.1. The molecule has 2 rings (SSSR count). The largest absolute Gasteiger partial charge is 0.340 e. The Morgan fingerprint density at radius 1 is 1.57 bits per heavy atom. The molecule has 14 heavy (non-hydrogen) atoms. The highest BCUT2D eigenvalue weighted by Gasteiger charge is 2.30. The van der Waals surface area contributed by atoms with Crippen molar-refractivity contribution in [3.8, 4) is 0 Å². The molecule has 74 valence electrons. The van der Waals surface area contributed by atoms with Crippen molar-refractivity contribution in [1.82, 2.24) is 10.6 Å². The van der Waals surface area contributed by atoms with Crippen molar-refractivity contribution in [2.75, 3.05) is 7.05 Å². The van der Waals surface area contributed by atoms with Crippen LogP contribution in [-0.2, 0) is 4.79 Å². The SMILES string of the molecule is CN=C1NC(=O)C(c2sccc2C)N1. The first-order valence-electron chi connectivity index (χ1n) is 4.30. The Labute approximate surface area is 86.0 Å². The van der Waals surface area contributed by atoms with E-state index in [-0.39, 0.29) is 11.9 Å². The molecule has 5 heteroatoms. The van der Waals surface area contributed by atoms with Gasteiger partial charge in [-0.05, 0) is 23.9 Å². The number of aliphatic imine (C=N–C) groups is 1. The topological polar surface area (TPSA) is 53.5 Å². The molecular formula is C9H11N3OS. The number of carbonyl (C=O) groups excluding carboxylic acids is 1. The van der Waals surface area contributed by atoms with E-state index < -0.39 is 0 Å². The molecule has 4 nitrogen and oxygen atoms in total. The number of nitrogens with zero attached hydrogens (tertiary/aromatic N) is 1. The molecular weight excluding hydrogens is 198 g/mol. The van der Waals surface area contributed by atoms with Crippen LogP contribution >= 0.6 is 11.3 Å². The van der Waals surface area contributed by atoms with Gasteiger partial charge >= 0.3 is 0 Å². The number of hydrogen-bond acceptors (Lipinski definition) is 3. The van der Waals surface area contributed by atoms with Crippen LogP contribution in [0.4, 0.5) is 0 Å². The van der Waals surface area contributed by atoms with E-state index in [1.165, 1.54) is 0 Å². The fourth-order valence-corrected chi connectivity index (χ4v) is 2.39. The van der Waals surface area contributed by atoms with Crippen LogP contribution in [-0.4, -0.2) is 18.9 Å². The maximum Gasteiger partial charge on any atom is 0.254 e. The third-order valence-corrected chi connectivity index (χ3v) is 3.26. The molecule has 0 aromatic carbocycles. The van der Waals surface area contributed by atoms with Gasteiger partial charge < -0.3 is 5.32 Å². The van der Waals surface area contributed by atoms with E-state index in [0.29, 0.717) is 5.96 Å². The first kappa shape index (κ1) is 9.21. The van der Waals surface area contributed by atoms with Crippen LogP contribution in [0.25, 0.3) is 0 Å². The summed E-state index contributed by atoms with van der Waals surface area (Å²) >= 11 is 1.58. The van der Waals surface area contributed by atoms with Crippen LogP contribution in [0.2, 0.25) is 0 Å². The molecule has 1 atom stereocenters. The third-order valence-electron chi connectivity index (χ3n) is 2.17. The van der Waals surface area contributed by atoms with Gasteiger partial charge in [-0.2, -0.15) is 0 Å². The summed E-state index contributed by atoms with van der Waals surface area (Å²) in [7, 11) is 1.65. The Morgan fingerprint density at radius 3 is 2.86 bits per heavy atom. The van der Waals surface area contributed by atoms with Crippen LogP contribution in [0.1, 0.15) is 16.5 Å². The summed E-state index contributed by atoms with van der Waals surface area (Å²) in [6.45, 7) is 2.00. The maximum atomic E-state index is 11.5. The molecule has 1 unspecified atom stereocenters. The fourth-order valence-electron chi connectivity index (χ4n) is 1.41.